The van der Waals surface area contributed by atoms with Gasteiger partial charge in [-0.25, -0.2) is 18.1 Å². The van der Waals surface area contributed by atoms with Crippen molar-refractivity contribution < 1.29 is 8.42 Å². The normalized spacial score (nSPS) is 11.6. The van der Waals surface area contributed by atoms with Gasteiger partial charge in [0.05, 0.1) is 5.02 Å². The Morgan fingerprint density at radius 3 is 2.48 bits per heavy atom. The molecule has 1 heterocycles. The lowest BCUT2D eigenvalue weighted by atomic mass is 10.1. The molecule has 0 bridgehead atoms. The molecular formula is C14H14Cl2N2O2S. The predicted octanol–water partition coefficient (Wildman–Crippen LogP) is 3.43. The van der Waals surface area contributed by atoms with Crippen LogP contribution in [0.4, 0.5) is 0 Å². The molecule has 2 rings (SSSR count). The molecule has 21 heavy (non-hydrogen) atoms. The fourth-order valence-corrected chi connectivity index (χ4v) is 3.19. The van der Waals surface area contributed by atoms with Crippen molar-refractivity contribution in [3.05, 3.63) is 57.8 Å². The highest BCUT2D eigenvalue weighted by molar-refractivity contribution is 7.89. The standard InChI is InChI=1S/C14H14Cl2N2O2S/c1-2-10-5-3-4-6-11(10)8-18-21(19,20)12-7-13(15)14(16)17-9-12/h3-7,9,18H,2,8H2,1H3. The van der Waals surface area contributed by atoms with Crippen molar-refractivity contribution in [2.24, 2.45) is 0 Å². The van der Waals surface area contributed by atoms with Crippen LogP contribution < -0.4 is 4.72 Å². The van der Waals surface area contributed by atoms with Crippen molar-refractivity contribution in [3.8, 4) is 0 Å². The summed E-state index contributed by atoms with van der Waals surface area (Å²) in [6.07, 6.45) is 2.02. The first-order chi connectivity index (χ1) is 9.94. The number of rotatable bonds is 5. The van der Waals surface area contributed by atoms with Crippen molar-refractivity contribution in [1.82, 2.24) is 9.71 Å². The minimum atomic E-state index is -3.68. The fourth-order valence-electron chi connectivity index (χ4n) is 1.88. The number of hydrogen-bond acceptors (Lipinski definition) is 3. The maximum absolute atomic E-state index is 12.2. The summed E-state index contributed by atoms with van der Waals surface area (Å²) in [5.74, 6) is 0. The van der Waals surface area contributed by atoms with Gasteiger partial charge in [0, 0.05) is 12.7 Å². The molecule has 0 atom stereocenters. The SMILES string of the molecule is CCc1ccccc1CNS(=O)(=O)c1cnc(Cl)c(Cl)c1. The van der Waals surface area contributed by atoms with E-state index in [2.05, 4.69) is 9.71 Å². The third-order valence-electron chi connectivity index (χ3n) is 3.03. The average Bonchev–Trinajstić information content (AvgIpc) is 2.48. The average molecular weight is 345 g/mol. The van der Waals surface area contributed by atoms with Crippen LogP contribution in [0.2, 0.25) is 10.2 Å². The first-order valence-corrected chi connectivity index (χ1v) is 8.55. The quantitative estimate of drug-likeness (QED) is 0.845. The Labute approximate surface area is 134 Å². The van der Waals surface area contributed by atoms with Gasteiger partial charge in [0.2, 0.25) is 10.0 Å². The monoisotopic (exact) mass is 344 g/mol. The Balaban J connectivity index is 2.20. The van der Waals surface area contributed by atoms with Gasteiger partial charge in [-0.1, -0.05) is 54.4 Å². The summed E-state index contributed by atoms with van der Waals surface area (Å²) in [5, 5.41) is 0.181. The van der Waals surface area contributed by atoms with E-state index in [1.54, 1.807) is 0 Å². The van der Waals surface area contributed by atoms with Crippen LogP contribution in [-0.2, 0) is 23.0 Å². The lowest BCUT2D eigenvalue weighted by Gasteiger charge is -2.10. The zero-order valence-corrected chi connectivity index (χ0v) is 13.6. The van der Waals surface area contributed by atoms with Gasteiger partial charge in [0.25, 0.3) is 0 Å². The van der Waals surface area contributed by atoms with E-state index in [4.69, 9.17) is 23.2 Å². The summed E-state index contributed by atoms with van der Waals surface area (Å²) >= 11 is 11.5. The maximum Gasteiger partial charge on any atom is 0.242 e. The molecule has 0 unspecified atom stereocenters. The van der Waals surface area contributed by atoms with Crippen LogP contribution in [0.1, 0.15) is 18.1 Å². The fraction of sp³-hybridized carbons (Fsp3) is 0.214. The predicted molar refractivity (Wildman–Crippen MR) is 84.1 cm³/mol. The van der Waals surface area contributed by atoms with Gasteiger partial charge in [-0.15, -0.1) is 0 Å². The number of aryl methyl sites for hydroxylation is 1. The lowest BCUT2D eigenvalue weighted by Crippen LogP contribution is -2.24. The van der Waals surface area contributed by atoms with Crippen LogP contribution in [-0.4, -0.2) is 13.4 Å². The molecule has 1 N–H and O–H groups in total. The Morgan fingerprint density at radius 1 is 1.19 bits per heavy atom. The summed E-state index contributed by atoms with van der Waals surface area (Å²) in [6, 6.07) is 8.97. The van der Waals surface area contributed by atoms with E-state index in [0.29, 0.717) is 0 Å². The van der Waals surface area contributed by atoms with Crippen LogP contribution in [0.15, 0.2) is 41.4 Å². The largest absolute Gasteiger partial charge is 0.242 e. The highest BCUT2D eigenvalue weighted by atomic mass is 35.5. The van der Waals surface area contributed by atoms with Gasteiger partial charge >= 0.3 is 0 Å². The number of halogens is 2. The minimum absolute atomic E-state index is 0.00844. The number of aromatic nitrogens is 1. The van der Waals surface area contributed by atoms with Crippen molar-refractivity contribution in [2.75, 3.05) is 0 Å². The summed E-state index contributed by atoms with van der Waals surface area (Å²) in [6.45, 7) is 2.24. The number of sulfonamides is 1. The molecular weight excluding hydrogens is 331 g/mol. The van der Waals surface area contributed by atoms with Crippen LogP contribution in [0.5, 0.6) is 0 Å². The molecule has 0 spiro atoms. The first-order valence-electron chi connectivity index (χ1n) is 6.31. The molecule has 0 aliphatic heterocycles. The highest BCUT2D eigenvalue weighted by Crippen LogP contribution is 2.22. The summed E-state index contributed by atoms with van der Waals surface area (Å²) in [7, 11) is -3.68. The second-order valence-electron chi connectivity index (χ2n) is 4.39. The molecule has 1 aromatic carbocycles. The lowest BCUT2D eigenvalue weighted by molar-refractivity contribution is 0.580. The third-order valence-corrected chi connectivity index (χ3v) is 5.09. The summed E-state index contributed by atoms with van der Waals surface area (Å²) in [5.41, 5.74) is 2.05. The molecule has 0 radical (unpaired) electrons. The van der Waals surface area contributed by atoms with Crippen LogP contribution in [0.25, 0.3) is 0 Å². The molecule has 4 nitrogen and oxygen atoms in total. The molecule has 0 aliphatic carbocycles. The van der Waals surface area contributed by atoms with Gasteiger partial charge in [-0.2, -0.15) is 0 Å². The zero-order valence-electron chi connectivity index (χ0n) is 11.3. The van der Waals surface area contributed by atoms with Crippen LogP contribution in [0, 0.1) is 0 Å². The van der Waals surface area contributed by atoms with Crippen molar-refractivity contribution >= 4 is 33.2 Å². The molecule has 0 saturated carbocycles. The topological polar surface area (TPSA) is 59.1 Å². The summed E-state index contributed by atoms with van der Waals surface area (Å²) in [4.78, 5) is 3.74. The molecule has 112 valence electrons. The van der Waals surface area contributed by atoms with Gasteiger partial charge < -0.3 is 0 Å². The number of nitrogens with zero attached hydrogens (tertiary/aromatic N) is 1. The van der Waals surface area contributed by atoms with E-state index in [0.717, 1.165) is 17.5 Å². The van der Waals surface area contributed by atoms with Crippen molar-refractivity contribution in [3.63, 3.8) is 0 Å². The van der Waals surface area contributed by atoms with Gasteiger partial charge in [-0.3, -0.25) is 0 Å². The Bertz CT molecular complexity index is 748. The molecule has 0 saturated heterocycles. The zero-order chi connectivity index (χ0) is 15.5. The van der Waals surface area contributed by atoms with Crippen molar-refractivity contribution in [1.29, 1.82) is 0 Å². The number of hydrogen-bond donors (Lipinski definition) is 1. The summed E-state index contributed by atoms with van der Waals surface area (Å²) < 4.78 is 27.0. The number of pyridine rings is 1. The molecule has 7 heteroatoms. The Kier molecular flexibility index (Phi) is 5.22. The Hall–Kier alpha value is -1.14. The van der Waals surface area contributed by atoms with Crippen molar-refractivity contribution in [2.45, 2.75) is 24.8 Å². The van der Waals surface area contributed by atoms with Gasteiger partial charge in [0.15, 0.2) is 0 Å². The van der Waals surface area contributed by atoms with Gasteiger partial charge in [0.1, 0.15) is 10.0 Å². The first kappa shape index (κ1) is 16.2. The van der Waals surface area contributed by atoms with E-state index < -0.39 is 10.0 Å². The number of benzene rings is 1. The van der Waals surface area contributed by atoms with E-state index in [-0.39, 0.29) is 21.6 Å². The number of nitrogens with one attached hydrogen (secondary N) is 1. The van der Waals surface area contributed by atoms with Crippen LogP contribution >= 0.6 is 23.2 Å². The van der Waals surface area contributed by atoms with Gasteiger partial charge in [-0.05, 0) is 23.6 Å². The second kappa shape index (κ2) is 6.75. The van der Waals surface area contributed by atoms with E-state index >= 15 is 0 Å². The van der Waals surface area contributed by atoms with E-state index in [9.17, 15) is 8.42 Å². The Morgan fingerprint density at radius 2 is 1.86 bits per heavy atom. The minimum Gasteiger partial charge on any atom is -0.242 e. The second-order valence-corrected chi connectivity index (χ2v) is 6.92. The molecule has 2 aromatic rings. The molecule has 0 fully saturated rings. The van der Waals surface area contributed by atoms with Crippen LogP contribution in [0.3, 0.4) is 0 Å². The van der Waals surface area contributed by atoms with E-state index in [1.807, 2.05) is 31.2 Å². The molecule has 0 aliphatic rings. The molecule has 1 aromatic heterocycles. The smallest absolute Gasteiger partial charge is 0.242 e. The van der Waals surface area contributed by atoms with E-state index in [1.165, 1.54) is 12.3 Å². The molecule has 0 amide bonds. The maximum atomic E-state index is 12.2. The third kappa shape index (κ3) is 3.95. The highest BCUT2D eigenvalue weighted by Gasteiger charge is 2.16.